The number of esters is 1. The van der Waals surface area contributed by atoms with Crippen LogP contribution in [-0.4, -0.2) is 29.0 Å². The lowest BCUT2D eigenvalue weighted by atomic mass is 10.1. The summed E-state index contributed by atoms with van der Waals surface area (Å²) in [5.41, 5.74) is 5.76. The van der Waals surface area contributed by atoms with E-state index in [0.717, 1.165) is 0 Å². The number of hydrogen-bond acceptors (Lipinski definition) is 5. The van der Waals surface area contributed by atoms with Crippen LogP contribution in [0.2, 0.25) is 0 Å². The van der Waals surface area contributed by atoms with E-state index in [4.69, 9.17) is 9.84 Å². The zero-order valence-corrected chi connectivity index (χ0v) is 13.6. The Morgan fingerprint density at radius 2 is 1.60 bits per heavy atom. The van der Waals surface area contributed by atoms with Crippen LogP contribution < -0.4 is 10.9 Å². The average molecular weight is 342 g/mol. The molecule has 2 aromatic rings. The second-order valence-corrected chi connectivity index (χ2v) is 5.21. The predicted molar refractivity (Wildman–Crippen MR) is 89.3 cm³/mol. The molecule has 0 fully saturated rings. The third-order valence-electron chi connectivity index (χ3n) is 3.36. The van der Waals surface area contributed by atoms with E-state index < -0.39 is 23.9 Å². The van der Waals surface area contributed by atoms with Gasteiger partial charge < -0.3 is 9.84 Å². The lowest BCUT2D eigenvalue weighted by molar-refractivity contribution is -0.129. The molecule has 2 aromatic carbocycles. The molecule has 0 bridgehead atoms. The summed E-state index contributed by atoms with van der Waals surface area (Å²) in [5.74, 6) is -1.82. The zero-order valence-electron chi connectivity index (χ0n) is 13.6. The van der Waals surface area contributed by atoms with E-state index in [2.05, 4.69) is 10.9 Å². The second kappa shape index (κ2) is 8.60. The van der Waals surface area contributed by atoms with Gasteiger partial charge in [0.1, 0.15) is 0 Å². The van der Waals surface area contributed by atoms with Gasteiger partial charge in [0, 0.05) is 5.56 Å². The Labute approximate surface area is 144 Å². The Kier molecular flexibility index (Phi) is 6.25. The number of carbonyl (C=O) groups excluding carboxylic acids is 3. The van der Waals surface area contributed by atoms with Gasteiger partial charge >= 0.3 is 5.97 Å². The smallest absolute Gasteiger partial charge is 0.338 e. The number of ether oxygens (including phenoxy) is 1. The van der Waals surface area contributed by atoms with Crippen LogP contribution in [0.15, 0.2) is 54.6 Å². The number of hydrazine groups is 1. The summed E-state index contributed by atoms with van der Waals surface area (Å²) in [6.45, 7) is 1.26. The van der Waals surface area contributed by atoms with Crippen molar-refractivity contribution in [1.82, 2.24) is 10.9 Å². The van der Waals surface area contributed by atoms with Crippen LogP contribution in [0.3, 0.4) is 0 Å². The van der Waals surface area contributed by atoms with E-state index in [1.165, 1.54) is 19.1 Å². The summed E-state index contributed by atoms with van der Waals surface area (Å²) in [5, 5.41) is 8.97. The van der Waals surface area contributed by atoms with Crippen LogP contribution in [0.25, 0.3) is 0 Å². The highest BCUT2D eigenvalue weighted by Crippen LogP contribution is 2.07. The monoisotopic (exact) mass is 342 g/mol. The normalized spacial score (nSPS) is 11.3. The van der Waals surface area contributed by atoms with Crippen molar-refractivity contribution in [2.24, 2.45) is 0 Å². The standard InChI is InChI=1S/C18H18N2O5/c1-12(25-18(24)15-9-7-13(11-21)8-10-15)16(22)19-20-17(23)14-5-3-2-4-6-14/h2-10,12,21H,11H2,1H3,(H,19,22)(H,20,23)/t12-/m1/s1. The number of benzene rings is 2. The predicted octanol–water partition coefficient (Wildman–Crippen LogP) is 1.19. The van der Waals surface area contributed by atoms with Crippen molar-refractivity contribution in [3.63, 3.8) is 0 Å². The Morgan fingerprint density at radius 1 is 0.960 bits per heavy atom. The minimum absolute atomic E-state index is 0.130. The molecular formula is C18H18N2O5. The summed E-state index contributed by atoms with van der Waals surface area (Å²) in [4.78, 5) is 35.7. The first kappa shape index (κ1) is 18.2. The Hall–Kier alpha value is -3.19. The van der Waals surface area contributed by atoms with Crippen molar-refractivity contribution in [1.29, 1.82) is 0 Å². The molecule has 0 radical (unpaired) electrons. The molecule has 130 valence electrons. The van der Waals surface area contributed by atoms with Crippen molar-refractivity contribution in [2.45, 2.75) is 19.6 Å². The fourth-order valence-electron chi connectivity index (χ4n) is 1.91. The number of aliphatic hydroxyl groups is 1. The van der Waals surface area contributed by atoms with E-state index in [1.54, 1.807) is 42.5 Å². The lowest BCUT2D eigenvalue weighted by Gasteiger charge is -2.14. The second-order valence-electron chi connectivity index (χ2n) is 5.21. The Balaban J connectivity index is 1.84. The molecule has 7 nitrogen and oxygen atoms in total. The molecule has 0 heterocycles. The maximum atomic E-state index is 12.0. The fraction of sp³-hybridized carbons (Fsp3) is 0.167. The first-order valence-electron chi connectivity index (χ1n) is 7.57. The van der Waals surface area contributed by atoms with Crippen LogP contribution in [0, 0.1) is 0 Å². The molecule has 0 unspecified atom stereocenters. The van der Waals surface area contributed by atoms with Crippen LogP contribution >= 0.6 is 0 Å². The van der Waals surface area contributed by atoms with Crippen molar-refractivity contribution >= 4 is 17.8 Å². The third-order valence-corrected chi connectivity index (χ3v) is 3.36. The highest BCUT2D eigenvalue weighted by atomic mass is 16.5. The number of carbonyl (C=O) groups is 3. The van der Waals surface area contributed by atoms with Crippen LogP contribution in [-0.2, 0) is 16.1 Å². The van der Waals surface area contributed by atoms with Crippen molar-refractivity contribution < 1.29 is 24.2 Å². The minimum atomic E-state index is -1.10. The number of aliphatic hydroxyl groups excluding tert-OH is 1. The molecule has 0 saturated carbocycles. The molecule has 3 N–H and O–H groups in total. The highest BCUT2D eigenvalue weighted by Gasteiger charge is 2.19. The molecular weight excluding hydrogens is 324 g/mol. The van der Waals surface area contributed by atoms with Gasteiger partial charge in [0.05, 0.1) is 12.2 Å². The topological polar surface area (TPSA) is 105 Å². The summed E-state index contributed by atoms with van der Waals surface area (Å²) in [7, 11) is 0. The van der Waals surface area contributed by atoms with Crippen molar-refractivity contribution in [3.05, 3.63) is 71.3 Å². The number of nitrogens with one attached hydrogen (secondary N) is 2. The number of hydrogen-bond donors (Lipinski definition) is 3. The van der Waals surface area contributed by atoms with Crippen LogP contribution in [0.5, 0.6) is 0 Å². The van der Waals surface area contributed by atoms with Gasteiger partial charge in [0.25, 0.3) is 11.8 Å². The molecule has 0 aliphatic carbocycles. The molecule has 0 aliphatic rings. The van der Waals surface area contributed by atoms with Gasteiger partial charge in [-0.3, -0.25) is 20.4 Å². The summed E-state index contributed by atoms with van der Waals surface area (Å²) < 4.78 is 5.04. The van der Waals surface area contributed by atoms with Gasteiger partial charge in [-0.15, -0.1) is 0 Å². The maximum absolute atomic E-state index is 12.0. The van der Waals surface area contributed by atoms with Crippen molar-refractivity contribution in [3.8, 4) is 0 Å². The van der Waals surface area contributed by atoms with Gasteiger partial charge in [-0.2, -0.15) is 0 Å². The first-order chi connectivity index (χ1) is 12.0. The third kappa shape index (κ3) is 5.15. The average Bonchev–Trinajstić information content (AvgIpc) is 2.66. The van der Waals surface area contributed by atoms with E-state index in [0.29, 0.717) is 11.1 Å². The molecule has 0 saturated heterocycles. The van der Waals surface area contributed by atoms with Crippen LogP contribution in [0.4, 0.5) is 0 Å². The van der Waals surface area contributed by atoms with Crippen LogP contribution in [0.1, 0.15) is 33.2 Å². The molecule has 0 aromatic heterocycles. The Morgan fingerprint density at radius 3 is 2.20 bits per heavy atom. The molecule has 25 heavy (non-hydrogen) atoms. The van der Waals surface area contributed by atoms with Gasteiger partial charge in [-0.05, 0) is 36.8 Å². The summed E-state index contributed by atoms with van der Waals surface area (Å²) in [6, 6.07) is 14.5. The SMILES string of the molecule is C[C@@H](OC(=O)c1ccc(CO)cc1)C(=O)NNC(=O)c1ccccc1. The van der Waals surface area contributed by atoms with E-state index in [-0.39, 0.29) is 12.2 Å². The van der Waals surface area contributed by atoms with Gasteiger partial charge in [-0.1, -0.05) is 30.3 Å². The number of amides is 2. The van der Waals surface area contributed by atoms with Gasteiger partial charge in [-0.25, -0.2) is 4.79 Å². The quantitative estimate of drug-likeness (QED) is 0.559. The van der Waals surface area contributed by atoms with Gasteiger partial charge in [0.2, 0.25) is 0 Å². The largest absolute Gasteiger partial charge is 0.449 e. The fourth-order valence-corrected chi connectivity index (χ4v) is 1.91. The summed E-state index contributed by atoms with van der Waals surface area (Å²) >= 11 is 0. The van der Waals surface area contributed by atoms with Gasteiger partial charge in [0.15, 0.2) is 6.10 Å². The Bertz CT molecular complexity index is 744. The molecule has 7 heteroatoms. The first-order valence-corrected chi connectivity index (χ1v) is 7.57. The lowest BCUT2D eigenvalue weighted by Crippen LogP contribution is -2.46. The van der Waals surface area contributed by atoms with E-state index >= 15 is 0 Å². The molecule has 2 rings (SSSR count). The van der Waals surface area contributed by atoms with E-state index in [9.17, 15) is 14.4 Å². The molecule has 0 spiro atoms. The highest BCUT2D eigenvalue weighted by molar-refractivity contribution is 5.96. The minimum Gasteiger partial charge on any atom is -0.449 e. The maximum Gasteiger partial charge on any atom is 0.338 e. The number of rotatable bonds is 5. The molecule has 0 aliphatic heterocycles. The summed E-state index contributed by atoms with van der Waals surface area (Å²) in [6.07, 6.45) is -1.10. The van der Waals surface area contributed by atoms with E-state index in [1.807, 2.05) is 0 Å². The zero-order chi connectivity index (χ0) is 18.2. The molecule has 2 amide bonds. The molecule has 1 atom stereocenters. The van der Waals surface area contributed by atoms with Crippen molar-refractivity contribution in [2.75, 3.05) is 0 Å².